The summed E-state index contributed by atoms with van der Waals surface area (Å²) in [4.78, 5) is 9.06. The van der Waals surface area contributed by atoms with Gasteiger partial charge in [0.25, 0.3) is 0 Å². The van der Waals surface area contributed by atoms with E-state index in [0.717, 1.165) is 23.5 Å². The quantitative estimate of drug-likeness (QED) is 0.791. The molecule has 1 aromatic carbocycles. The van der Waals surface area contributed by atoms with Gasteiger partial charge in [0, 0.05) is 17.7 Å². The van der Waals surface area contributed by atoms with Crippen LogP contribution in [0.15, 0.2) is 66.9 Å². The Morgan fingerprint density at radius 2 is 1.89 bits per heavy atom. The predicted molar refractivity (Wildman–Crippen MR) is 73.1 cm³/mol. The third-order valence-corrected chi connectivity index (χ3v) is 3.06. The maximum Gasteiger partial charge on any atom is 0.136 e. The maximum absolute atomic E-state index is 4.67. The third-order valence-electron chi connectivity index (χ3n) is 3.06. The third kappa shape index (κ3) is 2.23. The molecule has 18 heavy (non-hydrogen) atoms. The molecule has 88 valence electrons. The molecule has 0 saturated carbocycles. The molecule has 0 aliphatic heterocycles. The zero-order chi connectivity index (χ0) is 12.2. The van der Waals surface area contributed by atoms with E-state index < -0.39 is 0 Å². The topological polar surface area (TPSA) is 25.8 Å². The SMILES string of the molecule is C1=CCC(c2nccc(-c3ccccc3)n2)C=C1. The molecule has 0 spiro atoms. The van der Waals surface area contributed by atoms with Crippen LogP contribution in [0.3, 0.4) is 0 Å². The van der Waals surface area contributed by atoms with Crippen LogP contribution >= 0.6 is 0 Å². The van der Waals surface area contributed by atoms with Gasteiger partial charge in [0.15, 0.2) is 0 Å². The van der Waals surface area contributed by atoms with Gasteiger partial charge in [-0.15, -0.1) is 0 Å². The van der Waals surface area contributed by atoms with Gasteiger partial charge in [-0.1, -0.05) is 54.6 Å². The summed E-state index contributed by atoms with van der Waals surface area (Å²) >= 11 is 0. The Morgan fingerprint density at radius 3 is 2.67 bits per heavy atom. The normalized spacial score (nSPS) is 17.9. The highest BCUT2D eigenvalue weighted by atomic mass is 14.9. The summed E-state index contributed by atoms with van der Waals surface area (Å²) in [5.74, 6) is 1.20. The van der Waals surface area contributed by atoms with Gasteiger partial charge in [0.05, 0.1) is 5.69 Å². The Morgan fingerprint density at radius 1 is 1.00 bits per heavy atom. The van der Waals surface area contributed by atoms with Gasteiger partial charge < -0.3 is 0 Å². The van der Waals surface area contributed by atoms with Crippen molar-refractivity contribution in [2.24, 2.45) is 0 Å². The lowest BCUT2D eigenvalue weighted by Gasteiger charge is -2.12. The van der Waals surface area contributed by atoms with Crippen molar-refractivity contribution in [2.75, 3.05) is 0 Å². The minimum absolute atomic E-state index is 0.304. The molecule has 0 fully saturated rings. The van der Waals surface area contributed by atoms with E-state index in [2.05, 4.69) is 46.4 Å². The van der Waals surface area contributed by atoms with Crippen LogP contribution in [0, 0.1) is 0 Å². The molecule has 1 atom stereocenters. The number of allylic oxidation sites excluding steroid dienone is 4. The van der Waals surface area contributed by atoms with Gasteiger partial charge >= 0.3 is 0 Å². The summed E-state index contributed by atoms with van der Waals surface area (Å²) in [6.45, 7) is 0. The number of rotatable bonds is 2. The molecule has 0 saturated heterocycles. The van der Waals surface area contributed by atoms with Crippen LogP contribution in [0.4, 0.5) is 0 Å². The second kappa shape index (κ2) is 4.96. The van der Waals surface area contributed by atoms with Gasteiger partial charge in [-0.2, -0.15) is 0 Å². The molecular formula is C16H14N2. The zero-order valence-corrected chi connectivity index (χ0v) is 10.0. The molecule has 1 heterocycles. The second-order valence-electron chi connectivity index (χ2n) is 4.32. The highest BCUT2D eigenvalue weighted by molar-refractivity contribution is 5.58. The van der Waals surface area contributed by atoms with Crippen molar-refractivity contribution >= 4 is 0 Å². The molecule has 2 nitrogen and oxygen atoms in total. The van der Waals surface area contributed by atoms with Crippen molar-refractivity contribution in [3.8, 4) is 11.3 Å². The fourth-order valence-corrected chi connectivity index (χ4v) is 2.09. The smallest absolute Gasteiger partial charge is 0.136 e. The first-order valence-corrected chi connectivity index (χ1v) is 6.15. The molecule has 0 N–H and O–H groups in total. The van der Waals surface area contributed by atoms with Gasteiger partial charge in [0.1, 0.15) is 5.82 Å². The molecule has 0 amide bonds. The van der Waals surface area contributed by atoms with Gasteiger partial charge in [-0.3, -0.25) is 0 Å². The standard InChI is InChI=1S/C16H14N2/c1-3-7-13(8-4-1)15-11-12-17-16(18-15)14-9-5-2-6-10-14/h1-9,11-12,14H,10H2. The van der Waals surface area contributed by atoms with Crippen LogP contribution in [0.1, 0.15) is 18.2 Å². The van der Waals surface area contributed by atoms with E-state index in [-0.39, 0.29) is 0 Å². The van der Waals surface area contributed by atoms with Crippen molar-refractivity contribution in [3.63, 3.8) is 0 Å². The number of hydrogen-bond acceptors (Lipinski definition) is 2. The second-order valence-corrected chi connectivity index (χ2v) is 4.32. The number of benzene rings is 1. The predicted octanol–water partition coefficient (Wildman–Crippen LogP) is 3.74. The first-order valence-electron chi connectivity index (χ1n) is 6.15. The molecule has 1 aliphatic carbocycles. The van der Waals surface area contributed by atoms with Crippen molar-refractivity contribution in [1.29, 1.82) is 0 Å². The summed E-state index contributed by atoms with van der Waals surface area (Å²) in [5, 5.41) is 0. The Hall–Kier alpha value is -2.22. The van der Waals surface area contributed by atoms with Crippen molar-refractivity contribution in [3.05, 3.63) is 72.7 Å². The molecule has 0 bridgehead atoms. The Kier molecular flexibility index (Phi) is 3.01. The molecular weight excluding hydrogens is 220 g/mol. The summed E-state index contributed by atoms with van der Waals surface area (Å²) in [7, 11) is 0. The van der Waals surface area contributed by atoms with E-state index in [0.29, 0.717) is 5.92 Å². The highest BCUT2D eigenvalue weighted by Crippen LogP contribution is 2.23. The first-order chi connectivity index (χ1) is 8.93. The summed E-state index contributed by atoms with van der Waals surface area (Å²) in [5.41, 5.74) is 2.13. The zero-order valence-electron chi connectivity index (χ0n) is 10.0. The lowest BCUT2D eigenvalue weighted by Crippen LogP contribution is -2.03. The van der Waals surface area contributed by atoms with Crippen molar-refractivity contribution in [2.45, 2.75) is 12.3 Å². The molecule has 3 rings (SSSR count). The molecule has 2 aromatic rings. The van der Waals surface area contributed by atoms with Crippen LogP contribution in [0.25, 0.3) is 11.3 Å². The van der Waals surface area contributed by atoms with E-state index >= 15 is 0 Å². The number of nitrogens with zero attached hydrogens (tertiary/aromatic N) is 2. The van der Waals surface area contributed by atoms with E-state index in [1.54, 1.807) is 0 Å². The minimum Gasteiger partial charge on any atom is -0.241 e. The van der Waals surface area contributed by atoms with E-state index in [9.17, 15) is 0 Å². The maximum atomic E-state index is 4.67. The Labute approximate surface area is 107 Å². The fourth-order valence-electron chi connectivity index (χ4n) is 2.09. The molecule has 1 aromatic heterocycles. The van der Waals surface area contributed by atoms with E-state index in [4.69, 9.17) is 0 Å². The van der Waals surface area contributed by atoms with Gasteiger partial charge in [-0.05, 0) is 12.5 Å². The summed E-state index contributed by atoms with van der Waals surface area (Å²) in [6.07, 6.45) is 11.3. The molecule has 0 radical (unpaired) electrons. The summed E-state index contributed by atoms with van der Waals surface area (Å²) in [6, 6.07) is 12.2. The number of hydrogen-bond donors (Lipinski definition) is 0. The van der Waals surface area contributed by atoms with Crippen molar-refractivity contribution in [1.82, 2.24) is 9.97 Å². The van der Waals surface area contributed by atoms with E-state index in [1.165, 1.54) is 0 Å². The average molecular weight is 234 g/mol. The van der Waals surface area contributed by atoms with Crippen LogP contribution < -0.4 is 0 Å². The molecule has 2 heteroatoms. The first kappa shape index (κ1) is 10.9. The van der Waals surface area contributed by atoms with Crippen LogP contribution in [-0.4, -0.2) is 9.97 Å². The van der Waals surface area contributed by atoms with Gasteiger partial charge in [0.2, 0.25) is 0 Å². The summed E-state index contributed by atoms with van der Waals surface area (Å²) < 4.78 is 0. The Balaban J connectivity index is 1.94. The molecule has 1 unspecified atom stereocenters. The fraction of sp³-hybridized carbons (Fsp3) is 0.125. The lowest BCUT2D eigenvalue weighted by molar-refractivity contribution is 0.773. The van der Waals surface area contributed by atoms with E-state index in [1.807, 2.05) is 30.5 Å². The van der Waals surface area contributed by atoms with Crippen LogP contribution in [0.5, 0.6) is 0 Å². The minimum atomic E-state index is 0.304. The van der Waals surface area contributed by atoms with Crippen molar-refractivity contribution < 1.29 is 0 Å². The number of aromatic nitrogens is 2. The van der Waals surface area contributed by atoms with Crippen LogP contribution in [-0.2, 0) is 0 Å². The Bertz CT molecular complexity index is 585. The van der Waals surface area contributed by atoms with Crippen LogP contribution in [0.2, 0.25) is 0 Å². The van der Waals surface area contributed by atoms with Gasteiger partial charge in [-0.25, -0.2) is 9.97 Å². The largest absolute Gasteiger partial charge is 0.241 e. The molecule has 1 aliphatic rings. The lowest BCUT2D eigenvalue weighted by atomic mass is 10.00. The monoisotopic (exact) mass is 234 g/mol. The average Bonchev–Trinajstić information content (AvgIpc) is 2.49. The highest BCUT2D eigenvalue weighted by Gasteiger charge is 2.12.